The summed E-state index contributed by atoms with van der Waals surface area (Å²) in [5.41, 5.74) is 0. The maximum atomic E-state index is 11.7. The maximum Gasteiger partial charge on any atom is 0.409 e. The normalized spacial score (nSPS) is 19.4. The number of ether oxygens (including phenoxy) is 1. The first-order chi connectivity index (χ1) is 8.04. The summed E-state index contributed by atoms with van der Waals surface area (Å²) in [5.74, 6) is 0.129. The smallest absolute Gasteiger partial charge is 0.409 e. The summed E-state index contributed by atoms with van der Waals surface area (Å²) in [5, 5.41) is 0. The lowest BCUT2D eigenvalue weighted by Gasteiger charge is -2.17. The molecule has 2 amide bonds. The lowest BCUT2D eigenvalue weighted by Crippen LogP contribution is -2.28. The Hall–Kier alpha value is -1.26. The van der Waals surface area contributed by atoms with Crippen LogP contribution in [0.25, 0.3) is 0 Å². The van der Waals surface area contributed by atoms with Gasteiger partial charge in [-0.15, -0.1) is 0 Å². The number of hydrogen-bond acceptors (Lipinski definition) is 3. The summed E-state index contributed by atoms with van der Waals surface area (Å²) in [6, 6.07) is 0. The quantitative estimate of drug-likeness (QED) is 0.709. The topological polar surface area (TPSA) is 49.9 Å². The molecule has 1 rings (SSSR count). The van der Waals surface area contributed by atoms with Crippen LogP contribution in [0.2, 0.25) is 0 Å². The molecule has 17 heavy (non-hydrogen) atoms. The molecule has 5 heteroatoms. The van der Waals surface area contributed by atoms with E-state index in [0.717, 1.165) is 19.4 Å². The number of amides is 2. The van der Waals surface area contributed by atoms with Crippen LogP contribution in [-0.2, 0) is 9.53 Å². The van der Waals surface area contributed by atoms with Crippen molar-refractivity contribution in [1.29, 1.82) is 0 Å². The van der Waals surface area contributed by atoms with Crippen molar-refractivity contribution in [3.05, 3.63) is 0 Å². The third kappa shape index (κ3) is 4.24. The number of rotatable bonds is 6. The molecule has 1 aliphatic heterocycles. The number of nitrogens with zero attached hydrogens (tertiary/aromatic N) is 2. The van der Waals surface area contributed by atoms with Crippen LogP contribution in [-0.4, -0.2) is 55.1 Å². The number of cyclic esters (lactones) is 1. The lowest BCUT2D eigenvalue weighted by molar-refractivity contribution is -0.130. The van der Waals surface area contributed by atoms with Crippen LogP contribution < -0.4 is 0 Å². The highest BCUT2D eigenvalue weighted by atomic mass is 16.6. The van der Waals surface area contributed by atoms with Crippen molar-refractivity contribution in [3.8, 4) is 0 Å². The Labute approximate surface area is 103 Å². The molecule has 98 valence electrons. The molecule has 0 radical (unpaired) electrons. The number of carbonyl (C=O) groups excluding carboxylic acids is 2. The van der Waals surface area contributed by atoms with E-state index in [1.807, 2.05) is 7.05 Å². The fourth-order valence-electron chi connectivity index (χ4n) is 1.80. The first kappa shape index (κ1) is 13.8. The van der Waals surface area contributed by atoms with Crippen molar-refractivity contribution in [2.45, 2.75) is 38.7 Å². The second-order valence-corrected chi connectivity index (χ2v) is 4.59. The summed E-state index contributed by atoms with van der Waals surface area (Å²) in [7, 11) is 3.53. The van der Waals surface area contributed by atoms with Gasteiger partial charge < -0.3 is 14.5 Å². The molecule has 1 atom stereocenters. The highest BCUT2D eigenvalue weighted by Gasteiger charge is 2.28. The van der Waals surface area contributed by atoms with Gasteiger partial charge in [0.2, 0.25) is 5.91 Å². The molecule has 1 heterocycles. The molecule has 0 aromatic rings. The first-order valence-corrected chi connectivity index (χ1v) is 6.20. The lowest BCUT2D eigenvalue weighted by atomic mass is 10.2. The van der Waals surface area contributed by atoms with Crippen molar-refractivity contribution >= 4 is 12.0 Å². The predicted molar refractivity (Wildman–Crippen MR) is 64.7 cm³/mol. The highest BCUT2D eigenvalue weighted by molar-refractivity contribution is 5.76. The Morgan fingerprint density at radius 3 is 2.82 bits per heavy atom. The fraction of sp³-hybridized carbons (Fsp3) is 0.833. The minimum atomic E-state index is -0.290. The van der Waals surface area contributed by atoms with Gasteiger partial charge in [0.05, 0.1) is 6.54 Å². The molecule has 0 bridgehead atoms. The average molecular weight is 242 g/mol. The molecule has 0 N–H and O–H groups in total. The summed E-state index contributed by atoms with van der Waals surface area (Å²) < 4.78 is 5.10. The van der Waals surface area contributed by atoms with Crippen molar-refractivity contribution in [1.82, 2.24) is 9.80 Å². The van der Waals surface area contributed by atoms with Crippen LogP contribution in [0.3, 0.4) is 0 Å². The third-order valence-electron chi connectivity index (χ3n) is 3.01. The minimum Gasteiger partial charge on any atom is -0.444 e. The Morgan fingerprint density at radius 2 is 2.29 bits per heavy atom. The Morgan fingerprint density at radius 1 is 1.59 bits per heavy atom. The van der Waals surface area contributed by atoms with Crippen LogP contribution in [0.1, 0.15) is 32.6 Å². The molecule has 0 spiro atoms. The standard InChI is InChI=1S/C12H22N2O3/c1-4-5-8-13(2)11(15)7-6-10-9-14(3)12(16)17-10/h10H,4-9H2,1-3H3. The monoisotopic (exact) mass is 242 g/mol. The molecule has 0 saturated carbocycles. The second kappa shape index (κ2) is 6.47. The van der Waals surface area contributed by atoms with E-state index in [1.54, 1.807) is 11.9 Å². The van der Waals surface area contributed by atoms with Gasteiger partial charge in [-0.25, -0.2) is 4.79 Å². The fourth-order valence-corrected chi connectivity index (χ4v) is 1.80. The summed E-state index contributed by atoms with van der Waals surface area (Å²) in [4.78, 5) is 26.1. The summed E-state index contributed by atoms with van der Waals surface area (Å²) >= 11 is 0. The molecule has 1 fully saturated rings. The molecular weight excluding hydrogens is 220 g/mol. The Kier molecular flexibility index (Phi) is 5.25. The van der Waals surface area contributed by atoms with E-state index < -0.39 is 0 Å². The van der Waals surface area contributed by atoms with Crippen molar-refractivity contribution in [2.24, 2.45) is 0 Å². The molecule has 0 aromatic carbocycles. The van der Waals surface area contributed by atoms with Gasteiger partial charge in [0, 0.05) is 27.1 Å². The molecule has 1 aliphatic rings. The number of hydrogen-bond donors (Lipinski definition) is 0. The zero-order valence-corrected chi connectivity index (χ0v) is 10.9. The van der Waals surface area contributed by atoms with Crippen LogP contribution >= 0.6 is 0 Å². The van der Waals surface area contributed by atoms with Crippen molar-refractivity contribution < 1.29 is 14.3 Å². The molecule has 1 saturated heterocycles. The third-order valence-corrected chi connectivity index (χ3v) is 3.01. The number of unbranched alkanes of at least 4 members (excludes halogenated alkanes) is 1. The van der Waals surface area contributed by atoms with Crippen molar-refractivity contribution in [3.63, 3.8) is 0 Å². The van der Waals surface area contributed by atoms with Crippen LogP contribution in [0.5, 0.6) is 0 Å². The van der Waals surface area contributed by atoms with Gasteiger partial charge >= 0.3 is 6.09 Å². The largest absolute Gasteiger partial charge is 0.444 e. The van der Waals surface area contributed by atoms with E-state index in [1.165, 1.54) is 4.90 Å². The molecule has 1 unspecified atom stereocenters. The zero-order chi connectivity index (χ0) is 12.8. The SMILES string of the molecule is CCCCN(C)C(=O)CCC1CN(C)C(=O)O1. The van der Waals surface area contributed by atoms with E-state index in [0.29, 0.717) is 19.4 Å². The van der Waals surface area contributed by atoms with Crippen LogP contribution in [0.4, 0.5) is 4.79 Å². The Balaban J connectivity index is 2.22. The number of carbonyl (C=O) groups is 2. The molecule has 0 aromatic heterocycles. The summed E-state index contributed by atoms with van der Waals surface area (Å²) in [6.45, 7) is 3.50. The first-order valence-electron chi connectivity index (χ1n) is 6.20. The number of likely N-dealkylation sites (N-methyl/N-ethyl adjacent to an activating group) is 1. The van der Waals surface area contributed by atoms with Gasteiger partial charge in [-0.1, -0.05) is 13.3 Å². The van der Waals surface area contributed by atoms with E-state index in [2.05, 4.69) is 6.92 Å². The Bertz CT molecular complexity index is 281. The van der Waals surface area contributed by atoms with Crippen molar-refractivity contribution in [2.75, 3.05) is 27.2 Å². The van der Waals surface area contributed by atoms with Crippen LogP contribution in [0.15, 0.2) is 0 Å². The van der Waals surface area contributed by atoms with E-state index in [9.17, 15) is 9.59 Å². The second-order valence-electron chi connectivity index (χ2n) is 4.59. The van der Waals surface area contributed by atoms with E-state index in [4.69, 9.17) is 4.74 Å². The van der Waals surface area contributed by atoms with Gasteiger partial charge in [-0.3, -0.25) is 4.79 Å². The van der Waals surface area contributed by atoms with Crippen LogP contribution in [0, 0.1) is 0 Å². The van der Waals surface area contributed by atoms with E-state index >= 15 is 0 Å². The molecule has 0 aliphatic carbocycles. The predicted octanol–water partition coefficient (Wildman–Crippen LogP) is 1.48. The maximum absolute atomic E-state index is 11.7. The molecule has 5 nitrogen and oxygen atoms in total. The zero-order valence-electron chi connectivity index (χ0n) is 10.9. The van der Waals surface area contributed by atoms with Gasteiger partial charge in [0.25, 0.3) is 0 Å². The van der Waals surface area contributed by atoms with Gasteiger partial charge in [0.1, 0.15) is 6.10 Å². The van der Waals surface area contributed by atoms with E-state index in [-0.39, 0.29) is 18.1 Å². The van der Waals surface area contributed by atoms with Gasteiger partial charge in [0.15, 0.2) is 0 Å². The highest BCUT2D eigenvalue weighted by Crippen LogP contribution is 2.14. The minimum absolute atomic E-state index is 0.129. The van der Waals surface area contributed by atoms with Gasteiger partial charge in [-0.2, -0.15) is 0 Å². The molecular formula is C12H22N2O3. The average Bonchev–Trinajstić information content (AvgIpc) is 2.62. The summed E-state index contributed by atoms with van der Waals surface area (Å²) in [6.07, 6.45) is 2.77. The van der Waals surface area contributed by atoms with Gasteiger partial charge in [-0.05, 0) is 12.8 Å².